The lowest BCUT2D eigenvalue weighted by molar-refractivity contribution is 0.174. The number of aliphatic imine (C=N–C) groups is 1. The molecular weight excluding hydrogens is 332 g/mol. The Morgan fingerprint density at radius 2 is 1.73 bits per heavy atom. The highest BCUT2D eigenvalue weighted by molar-refractivity contribution is 5.88. The van der Waals surface area contributed by atoms with E-state index in [1.165, 1.54) is 12.8 Å². The van der Waals surface area contributed by atoms with Crippen LogP contribution in [0.2, 0.25) is 0 Å². The molecule has 0 N–H and O–H groups in total. The van der Waals surface area contributed by atoms with Crippen molar-refractivity contribution in [3.05, 3.63) is 35.9 Å². The van der Waals surface area contributed by atoms with Crippen molar-refractivity contribution in [1.29, 1.82) is 0 Å². The third-order valence-electron chi connectivity index (χ3n) is 4.69. The Morgan fingerprint density at radius 3 is 2.50 bits per heavy atom. The molecule has 0 spiro atoms. The zero-order valence-electron chi connectivity index (χ0n) is 15.0. The fraction of sp³-hybridized carbons (Fsp3) is 0.350. The number of methoxy groups -OCH3 is 2. The van der Waals surface area contributed by atoms with Crippen molar-refractivity contribution in [2.75, 3.05) is 39.0 Å². The molecule has 4 rings (SSSR count). The third-order valence-corrected chi connectivity index (χ3v) is 4.69. The van der Waals surface area contributed by atoms with Crippen LogP contribution in [0.3, 0.4) is 0 Å². The second-order valence-electron chi connectivity index (χ2n) is 6.26. The van der Waals surface area contributed by atoms with Crippen LogP contribution < -0.4 is 23.8 Å². The van der Waals surface area contributed by atoms with Gasteiger partial charge in [0.05, 0.1) is 25.6 Å². The minimum Gasteiger partial charge on any atom is -0.496 e. The number of rotatable bonds is 5. The summed E-state index contributed by atoms with van der Waals surface area (Å²) in [4.78, 5) is 6.89. The molecule has 2 aliphatic rings. The normalized spacial score (nSPS) is 15.7. The van der Waals surface area contributed by atoms with E-state index >= 15 is 0 Å². The van der Waals surface area contributed by atoms with Gasteiger partial charge in [-0.1, -0.05) is 0 Å². The van der Waals surface area contributed by atoms with Crippen molar-refractivity contribution in [2.45, 2.75) is 12.8 Å². The SMILES string of the molecule is COc1cc(N2CCCC2)c(OC)cc1C=Nc1ccc2c(c1)OCO2. The van der Waals surface area contributed by atoms with Crippen LogP contribution in [0.25, 0.3) is 0 Å². The average Bonchev–Trinajstić information content (AvgIpc) is 3.36. The van der Waals surface area contributed by atoms with Crippen LogP contribution in [-0.2, 0) is 0 Å². The summed E-state index contributed by atoms with van der Waals surface area (Å²) in [7, 11) is 3.37. The molecule has 2 aliphatic heterocycles. The quantitative estimate of drug-likeness (QED) is 0.765. The van der Waals surface area contributed by atoms with Crippen molar-refractivity contribution in [2.24, 2.45) is 4.99 Å². The fourth-order valence-corrected chi connectivity index (χ4v) is 3.32. The molecule has 0 bridgehead atoms. The molecule has 6 heteroatoms. The summed E-state index contributed by atoms with van der Waals surface area (Å²) < 4.78 is 21.9. The zero-order chi connectivity index (χ0) is 17.9. The van der Waals surface area contributed by atoms with Crippen LogP contribution >= 0.6 is 0 Å². The highest BCUT2D eigenvalue weighted by Crippen LogP contribution is 2.38. The minimum absolute atomic E-state index is 0.255. The molecule has 26 heavy (non-hydrogen) atoms. The van der Waals surface area contributed by atoms with Gasteiger partial charge in [-0.15, -0.1) is 0 Å². The van der Waals surface area contributed by atoms with E-state index in [4.69, 9.17) is 18.9 Å². The Hall–Kier alpha value is -2.89. The number of nitrogens with zero attached hydrogens (tertiary/aromatic N) is 2. The van der Waals surface area contributed by atoms with E-state index in [0.29, 0.717) is 5.75 Å². The summed E-state index contributed by atoms with van der Waals surface area (Å²) in [6, 6.07) is 9.63. The maximum atomic E-state index is 5.62. The van der Waals surface area contributed by atoms with E-state index in [2.05, 4.69) is 9.89 Å². The molecule has 2 aromatic rings. The van der Waals surface area contributed by atoms with Crippen LogP contribution in [0.1, 0.15) is 18.4 Å². The first-order valence-corrected chi connectivity index (χ1v) is 8.73. The smallest absolute Gasteiger partial charge is 0.231 e. The number of fused-ring (bicyclic) bond motifs is 1. The van der Waals surface area contributed by atoms with E-state index in [1.54, 1.807) is 20.4 Å². The predicted octanol–water partition coefficient (Wildman–Crippen LogP) is 3.78. The number of hydrogen-bond acceptors (Lipinski definition) is 6. The minimum atomic E-state index is 0.255. The molecule has 2 heterocycles. The van der Waals surface area contributed by atoms with Crippen molar-refractivity contribution in [3.8, 4) is 23.0 Å². The first-order valence-electron chi connectivity index (χ1n) is 8.73. The monoisotopic (exact) mass is 354 g/mol. The van der Waals surface area contributed by atoms with Gasteiger partial charge in [0.25, 0.3) is 0 Å². The van der Waals surface area contributed by atoms with Crippen LogP contribution in [0, 0.1) is 0 Å². The maximum absolute atomic E-state index is 5.62. The van der Waals surface area contributed by atoms with Gasteiger partial charge in [0.15, 0.2) is 11.5 Å². The Kier molecular flexibility index (Phi) is 4.56. The topological polar surface area (TPSA) is 52.5 Å². The zero-order valence-corrected chi connectivity index (χ0v) is 15.0. The first kappa shape index (κ1) is 16.6. The van der Waals surface area contributed by atoms with Crippen molar-refractivity contribution in [3.63, 3.8) is 0 Å². The van der Waals surface area contributed by atoms with Gasteiger partial charge in [0.2, 0.25) is 6.79 Å². The van der Waals surface area contributed by atoms with Gasteiger partial charge in [-0.05, 0) is 31.0 Å². The first-order chi connectivity index (χ1) is 12.8. The molecule has 1 fully saturated rings. The molecule has 0 radical (unpaired) electrons. The molecule has 0 aromatic heterocycles. The maximum Gasteiger partial charge on any atom is 0.231 e. The second-order valence-corrected chi connectivity index (χ2v) is 6.26. The molecule has 136 valence electrons. The van der Waals surface area contributed by atoms with Crippen LogP contribution in [-0.4, -0.2) is 40.3 Å². The summed E-state index contributed by atoms with van der Waals surface area (Å²) in [5.74, 6) is 3.07. The molecule has 2 aromatic carbocycles. The molecular formula is C20H22N2O4. The van der Waals surface area contributed by atoms with Crippen LogP contribution in [0.5, 0.6) is 23.0 Å². The summed E-state index contributed by atoms with van der Waals surface area (Å²) in [5, 5.41) is 0. The highest BCUT2D eigenvalue weighted by atomic mass is 16.7. The largest absolute Gasteiger partial charge is 0.496 e. The van der Waals surface area contributed by atoms with Gasteiger partial charge in [0, 0.05) is 37.0 Å². The van der Waals surface area contributed by atoms with Gasteiger partial charge in [-0.2, -0.15) is 0 Å². The lowest BCUT2D eigenvalue weighted by atomic mass is 10.1. The van der Waals surface area contributed by atoms with Gasteiger partial charge in [-0.25, -0.2) is 0 Å². The predicted molar refractivity (Wildman–Crippen MR) is 101 cm³/mol. The Morgan fingerprint density at radius 1 is 0.962 bits per heavy atom. The van der Waals surface area contributed by atoms with Gasteiger partial charge < -0.3 is 23.8 Å². The summed E-state index contributed by atoms with van der Waals surface area (Å²) in [5.41, 5.74) is 2.73. The van der Waals surface area contributed by atoms with Crippen molar-refractivity contribution < 1.29 is 18.9 Å². The summed E-state index contributed by atoms with van der Waals surface area (Å²) >= 11 is 0. The molecule has 0 atom stereocenters. The standard InChI is InChI=1S/C20H22N2O4/c1-23-18-11-16(22-7-3-4-8-22)19(24-2)9-14(18)12-21-15-5-6-17-20(10-15)26-13-25-17/h5-6,9-12H,3-4,7-8,13H2,1-2H3. The highest BCUT2D eigenvalue weighted by Gasteiger charge is 2.19. The Balaban J connectivity index is 1.64. The third kappa shape index (κ3) is 3.14. The summed E-state index contributed by atoms with van der Waals surface area (Å²) in [6.45, 7) is 2.35. The van der Waals surface area contributed by atoms with Gasteiger partial charge >= 0.3 is 0 Å². The van der Waals surface area contributed by atoms with Crippen molar-refractivity contribution >= 4 is 17.6 Å². The second kappa shape index (κ2) is 7.15. The van der Waals surface area contributed by atoms with Crippen molar-refractivity contribution in [1.82, 2.24) is 0 Å². The van der Waals surface area contributed by atoms with E-state index in [9.17, 15) is 0 Å². The fourth-order valence-electron chi connectivity index (χ4n) is 3.32. The Labute approximate surface area is 153 Å². The molecule has 0 unspecified atom stereocenters. The molecule has 6 nitrogen and oxygen atoms in total. The number of hydrogen-bond donors (Lipinski definition) is 0. The lowest BCUT2D eigenvalue weighted by Crippen LogP contribution is -2.18. The van der Waals surface area contributed by atoms with E-state index < -0.39 is 0 Å². The van der Waals surface area contributed by atoms with Crippen LogP contribution in [0.15, 0.2) is 35.3 Å². The number of ether oxygens (including phenoxy) is 4. The van der Waals surface area contributed by atoms with Gasteiger partial charge in [0.1, 0.15) is 11.5 Å². The van der Waals surface area contributed by atoms with E-state index in [0.717, 1.165) is 47.3 Å². The molecule has 1 saturated heterocycles. The van der Waals surface area contributed by atoms with Crippen LogP contribution in [0.4, 0.5) is 11.4 Å². The average molecular weight is 354 g/mol. The Bertz CT molecular complexity index is 829. The summed E-state index contributed by atoms with van der Waals surface area (Å²) in [6.07, 6.45) is 4.20. The lowest BCUT2D eigenvalue weighted by Gasteiger charge is -2.22. The van der Waals surface area contributed by atoms with E-state index in [-0.39, 0.29) is 6.79 Å². The van der Waals surface area contributed by atoms with E-state index in [1.807, 2.05) is 30.3 Å². The molecule has 0 aliphatic carbocycles. The van der Waals surface area contributed by atoms with Gasteiger partial charge in [-0.3, -0.25) is 4.99 Å². The molecule has 0 saturated carbocycles. The number of anilines is 1. The number of benzene rings is 2. The molecule has 0 amide bonds.